The summed E-state index contributed by atoms with van der Waals surface area (Å²) in [5.41, 5.74) is 12.6. The molecular weight excluding hydrogens is 256 g/mol. The Morgan fingerprint density at radius 3 is 2.80 bits per heavy atom. The highest BCUT2D eigenvalue weighted by atomic mass is 79.9. The number of halogens is 1. The molecule has 1 aromatic rings. The van der Waals surface area contributed by atoms with E-state index in [1.165, 1.54) is 0 Å². The number of hydrogen-bond acceptors (Lipinski definition) is 3. The monoisotopic (exact) mass is 272 g/mol. The van der Waals surface area contributed by atoms with Gasteiger partial charge in [0.2, 0.25) is 0 Å². The minimum absolute atomic E-state index is 0.0130. The highest BCUT2D eigenvalue weighted by Gasteiger charge is 2.11. The van der Waals surface area contributed by atoms with E-state index >= 15 is 0 Å². The average Bonchev–Trinajstić information content (AvgIpc) is 2.25. The lowest BCUT2D eigenvalue weighted by molar-refractivity contribution is 0.403. The maximum atomic E-state index is 6.07. The molecule has 1 unspecified atom stereocenters. The first kappa shape index (κ1) is 12.5. The molecule has 4 N–H and O–H groups in total. The van der Waals surface area contributed by atoms with E-state index in [2.05, 4.69) is 15.9 Å². The fourth-order valence-electron chi connectivity index (χ4n) is 1.49. The number of benzene rings is 1. The number of rotatable bonds is 5. The second-order valence-corrected chi connectivity index (χ2v) is 4.34. The summed E-state index contributed by atoms with van der Waals surface area (Å²) in [7, 11) is 1.66. The molecule has 0 fully saturated rings. The van der Waals surface area contributed by atoms with Crippen molar-refractivity contribution in [1.29, 1.82) is 0 Å². The molecular formula is C11H17BrN2O. The maximum absolute atomic E-state index is 6.07. The number of ether oxygens (including phenoxy) is 1. The van der Waals surface area contributed by atoms with Crippen LogP contribution in [-0.2, 0) is 0 Å². The average molecular weight is 273 g/mol. The van der Waals surface area contributed by atoms with Gasteiger partial charge in [-0.2, -0.15) is 0 Å². The Bertz CT molecular complexity index is 317. The summed E-state index contributed by atoms with van der Waals surface area (Å²) in [6.07, 6.45) is 1.81. The lowest BCUT2D eigenvalue weighted by Gasteiger charge is -2.15. The van der Waals surface area contributed by atoms with Gasteiger partial charge in [0.1, 0.15) is 5.75 Å². The first-order chi connectivity index (χ1) is 7.19. The molecule has 0 heterocycles. The summed E-state index contributed by atoms with van der Waals surface area (Å²) < 4.78 is 6.28. The van der Waals surface area contributed by atoms with Crippen LogP contribution in [0.25, 0.3) is 0 Å². The summed E-state index contributed by atoms with van der Waals surface area (Å²) in [6.45, 7) is 0.671. The Morgan fingerprint density at radius 1 is 1.47 bits per heavy atom. The van der Waals surface area contributed by atoms with Crippen LogP contribution in [0.2, 0.25) is 0 Å². The van der Waals surface area contributed by atoms with E-state index in [0.29, 0.717) is 6.54 Å². The first-order valence-electron chi connectivity index (χ1n) is 4.98. The number of nitrogens with two attached hydrogens (primary N) is 2. The Kier molecular flexibility index (Phi) is 5.08. The Morgan fingerprint density at radius 2 is 2.20 bits per heavy atom. The molecule has 0 aliphatic rings. The Hall–Kier alpha value is -0.580. The molecule has 0 spiro atoms. The van der Waals surface area contributed by atoms with Crippen molar-refractivity contribution in [3.8, 4) is 5.75 Å². The largest absolute Gasteiger partial charge is 0.496 e. The quantitative estimate of drug-likeness (QED) is 0.864. The molecule has 3 nitrogen and oxygen atoms in total. The van der Waals surface area contributed by atoms with Gasteiger partial charge in [-0.3, -0.25) is 0 Å². The van der Waals surface area contributed by atoms with Crippen molar-refractivity contribution in [2.24, 2.45) is 11.5 Å². The van der Waals surface area contributed by atoms with Crippen molar-refractivity contribution in [2.75, 3.05) is 13.7 Å². The second kappa shape index (κ2) is 6.10. The van der Waals surface area contributed by atoms with E-state index in [4.69, 9.17) is 16.2 Å². The number of methoxy groups -OCH3 is 1. The third-order valence-corrected chi connectivity index (χ3v) is 2.80. The van der Waals surface area contributed by atoms with Gasteiger partial charge in [-0.05, 0) is 37.6 Å². The third-order valence-electron chi connectivity index (χ3n) is 2.31. The van der Waals surface area contributed by atoms with Gasteiger partial charge in [0.25, 0.3) is 0 Å². The van der Waals surface area contributed by atoms with Gasteiger partial charge < -0.3 is 16.2 Å². The molecule has 84 valence electrons. The van der Waals surface area contributed by atoms with E-state index < -0.39 is 0 Å². The SMILES string of the molecule is COc1ccc(Br)cc1C(N)CCCN. The van der Waals surface area contributed by atoms with E-state index in [9.17, 15) is 0 Å². The van der Waals surface area contributed by atoms with Crippen molar-refractivity contribution in [3.05, 3.63) is 28.2 Å². The first-order valence-corrected chi connectivity index (χ1v) is 5.77. The van der Waals surface area contributed by atoms with E-state index in [0.717, 1.165) is 28.6 Å². The molecule has 1 rings (SSSR count). The third kappa shape index (κ3) is 3.48. The predicted octanol–water partition coefficient (Wildman–Crippen LogP) is 2.20. The Labute approximate surface area is 98.9 Å². The molecule has 0 aromatic heterocycles. The van der Waals surface area contributed by atoms with Gasteiger partial charge in [0.05, 0.1) is 7.11 Å². The van der Waals surface area contributed by atoms with E-state index in [1.807, 2.05) is 18.2 Å². The van der Waals surface area contributed by atoms with Crippen LogP contribution >= 0.6 is 15.9 Å². The molecule has 0 saturated carbocycles. The molecule has 0 radical (unpaired) electrons. The summed E-state index contributed by atoms with van der Waals surface area (Å²) in [6, 6.07) is 5.85. The molecule has 15 heavy (non-hydrogen) atoms. The van der Waals surface area contributed by atoms with Crippen LogP contribution in [-0.4, -0.2) is 13.7 Å². The highest BCUT2D eigenvalue weighted by molar-refractivity contribution is 9.10. The van der Waals surface area contributed by atoms with Gasteiger partial charge in [0, 0.05) is 16.1 Å². The molecule has 0 saturated heterocycles. The maximum Gasteiger partial charge on any atom is 0.123 e. The van der Waals surface area contributed by atoms with Gasteiger partial charge >= 0.3 is 0 Å². The topological polar surface area (TPSA) is 61.3 Å². The molecule has 0 bridgehead atoms. The van der Waals surface area contributed by atoms with Gasteiger partial charge in [0.15, 0.2) is 0 Å². The van der Waals surface area contributed by atoms with Gasteiger partial charge in [-0.1, -0.05) is 15.9 Å². The van der Waals surface area contributed by atoms with Crippen molar-refractivity contribution >= 4 is 15.9 Å². The van der Waals surface area contributed by atoms with Crippen LogP contribution < -0.4 is 16.2 Å². The van der Waals surface area contributed by atoms with Crippen molar-refractivity contribution in [2.45, 2.75) is 18.9 Å². The summed E-state index contributed by atoms with van der Waals surface area (Å²) >= 11 is 3.43. The number of hydrogen-bond donors (Lipinski definition) is 2. The zero-order chi connectivity index (χ0) is 11.3. The van der Waals surface area contributed by atoms with Crippen molar-refractivity contribution < 1.29 is 4.74 Å². The highest BCUT2D eigenvalue weighted by Crippen LogP contribution is 2.29. The summed E-state index contributed by atoms with van der Waals surface area (Å²) in [4.78, 5) is 0. The van der Waals surface area contributed by atoms with Crippen LogP contribution in [0.15, 0.2) is 22.7 Å². The van der Waals surface area contributed by atoms with Gasteiger partial charge in [-0.25, -0.2) is 0 Å². The molecule has 0 amide bonds. The zero-order valence-electron chi connectivity index (χ0n) is 8.87. The van der Waals surface area contributed by atoms with Crippen LogP contribution in [0.3, 0.4) is 0 Å². The molecule has 1 aromatic carbocycles. The Balaban J connectivity index is 2.85. The molecule has 1 atom stereocenters. The smallest absolute Gasteiger partial charge is 0.123 e. The van der Waals surface area contributed by atoms with Crippen molar-refractivity contribution in [3.63, 3.8) is 0 Å². The molecule has 4 heteroatoms. The second-order valence-electron chi connectivity index (χ2n) is 3.42. The van der Waals surface area contributed by atoms with Crippen molar-refractivity contribution in [1.82, 2.24) is 0 Å². The molecule has 0 aliphatic heterocycles. The van der Waals surface area contributed by atoms with Crippen LogP contribution in [0.1, 0.15) is 24.4 Å². The summed E-state index contributed by atoms with van der Waals surface area (Å²) in [5.74, 6) is 0.836. The van der Waals surface area contributed by atoms with E-state index in [1.54, 1.807) is 7.11 Å². The van der Waals surface area contributed by atoms with E-state index in [-0.39, 0.29) is 6.04 Å². The lowest BCUT2D eigenvalue weighted by Crippen LogP contribution is -2.13. The standard InChI is InChI=1S/C11H17BrN2O/c1-15-11-5-4-8(12)7-9(11)10(14)3-2-6-13/h4-5,7,10H,2-3,6,13-14H2,1H3. The minimum Gasteiger partial charge on any atom is -0.496 e. The van der Waals surface area contributed by atoms with Crippen LogP contribution in [0, 0.1) is 0 Å². The fourth-order valence-corrected chi connectivity index (χ4v) is 1.87. The molecule has 0 aliphatic carbocycles. The normalized spacial score (nSPS) is 12.5. The fraction of sp³-hybridized carbons (Fsp3) is 0.455. The zero-order valence-corrected chi connectivity index (χ0v) is 10.5. The van der Waals surface area contributed by atoms with Crippen LogP contribution in [0.4, 0.5) is 0 Å². The lowest BCUT2D eigenvalue weighted by atomic mass is 10.0. The summed E-state index contributed by atoms with van der Waals surface area (Å²) in [5, 5.41) is 0. The van der Waals surface area contributed by atoms with Gasteiger partial charge in [-0.15, -0.1) is 0 Å². The minimum atomic E-state index is -0.0130. The predicted molar refractivity (Wildman–Crippen MR) is 65.9 cm³/mol. The van der Waals surface area contributed by atoms with Crippen LogP contribution in [0.5, 0.6) is 5.75 Å².